The van der Waals surface area contributed by atoms with E-state index in [4.69, 9.17) is 14.5 Å². The fourth-order valence-electron chi connectivity index (χ4n) is 3.88. The summed E-state index contributed by atoms with van der Waals surface area (Å²) in [5.41, 5.74) is -1.39. The lowest BCUT2D eigenvalue weighted by atomic mass is 10.1. The number of pyridine rings is 1. The molecule has 0 bridgehead atoms. The molecule has 0 amide bonds. The van der Waals surface area contributed by atoms with Crippen LogP contribution in [0.15, 0.2) is 64.4 Å². The largest absolute Gasteiger partial charge is 0.481 e. The lowest BCUT2D eigenvalue weighted by Gasteiger charge is -2.19. The van der Waals surface area contributed by atoms with Crippen LogP contribution >= 0.6 is 15.6 Å². The molecule has 0 spiro atoms. The Balaban J connectivity index is 1.58. The molecule has 1 aliphatic heterocycles. The topological polar surface area (TPSA) is 220 Å². The van der Waals surface area contributed by atoms with E-state index in [1.54, 1.807) is 30.3 Å². The molecule has 0 radical (unpaired) electrons. The van der Waals surface area contributed by atoms with E-state index in [0.717, 1.165) is 16.8 Å². The van der Waals surface area contributed by atoms with Crippen LogP contribution in [0.5, 0.6) is 0 Å². The molecular formula is C21H22FN3O12P2. The minimum absolute atomic E-state index is 0.189. The highest BCUT2D eigenvalue weighted by Crippen LogP contribution is 2.57. The summed E-state index contributed by atoms with van der Waals surface area (Å²) in [5.74, 6) is -0.763. The third-order valence-electron chi connectivity index (χ3n) is 5.67. The number of rotatable bonds is 9. The number of phosphoric ester groups is 1. The number of halogens is 1. The normalized spacial score (nSPS) is 23.0. The summed E-state index contributed by atoms with van der Waals surface area (Å²) in [5, 5.41) is 20.7. The Bertz CT molecular complexity index is 1560. The Hall–Kier alpha value is -2.88. The number of aliphatic hydroxyl groups excluding tert-OH is 2. The van der Waals surface area contributed by atoms with Crippen molar-refractivity contribution in [3.8, 4) is 11.1 Å². The molecule has 1 aliphatic rings. The predicted molar refractivity (Wildman–Crippen MR) is 129 cm³/mol. The van der Waals surface area contributed by atoms with Gasteiger partial charge >= 0.3 is 21.3 Å². The fraction of sp³-hybridized carbons (Fsp3) is 0.286. The average Bonchev–Trinajstić information content (AvgIpc) is 3.14. The van der Waals surface area contributed by atoms with Gasteiger partial charge in [-0.1, -0.05) is 30.3 Å². The Kier molecular flexibility index (Phi) is 8.44. The van der Waals surface area contributed by atoms with Crippen molar-refractivity contribution in [1.29, 1.82) is 0 Å². The summed E-state index contributed by atoms with van der Waals surface area (Å²) in [4.78, 5) is 56.3. The molecular weight excluding hydrogens is 567 g/mol. The van der Waals surface area contributed by atoms with Gasteiger partial charge in [-0.3, -0.25) is 23.4 Å². The van der Waals surface area contributed by atoms with Crippen molar-refractivity contribution in [1.82, 2.24) is 14.1 Å². The molecule has 15 nitrogen and oxygen atoms in total. The van der Waals surface area contributed by atoms with Crippen LogP contribution < -0.4 is 11.2 Å². The minimum atomic E-state index is -5.41. The quantitative estimate of drug-likeness (QED) is 0.209. The maximum Gasteiger partial charge on any atom is 0.481 e. The summed E-state index contributed by atoms with van der Waals surface area (Å²) in [6.07, 6.45) is -4.56. The second-order valence-corrected chi connectivity index (χ2v) is 11.1. The molecule has 1 aromatic carbocycles. The zero-order valence-electron chi connectivity index (χ0n) is 19.6. The molecule has 4 rings (SSSR count). The third-order valence-corrected chi connectivity index (χ3v) is 7.82. The number of hydrogen-bond donors (Lipinski definition) is 5. The van der Waals surface area contributed by atoms with E-state index in [-0.39, 0.29) is 11.3 Å². The Morgan fingerprint density at radius 2 is 1.72 bits per heavy atom. The first kappa shape index (κ1) is 29.1. The van der Waals surface area contributed by atoms with Gasteiger partial charge in [0.2, 0.25) is 0 Å². The smallest absolute Gasteiger partial charge is 0.387 e. The molecule has 0 aliphatic carbocycles. The van der Waals surface area contributed by atoms with Gasteiger partial charge in [0.25, 0.3) is 5.56 Å². The van der Waals surface area contributed by atoms with Crippen LogP contribution in [0, 0.1) is 5.82 Å². The van der Waals surface area contributed by atoms with Crippen molar-refractivity contribution in [3.63, 3.8) is 0 Å². The van der Waals surface area contributed by atoms with E-state index >= 15 is 4.39 Å². The van der Waals surface area contributed by atoms with Crippen molar-refractivity contribution in [2.45, 2.75) is 31.1 Å². The summed E-state index contributed by atoms with van der Waals surface area (Å²) < 4.78 is 52.5. The average molecular weight is 589 g/mol. The lowest BCUT2D eigenvalue weighted by molar-refractivity contribution is -0.0547. The van der Waals surface area contributed by atoms with Gasteiger partial charge in [-0.05, 0) is 11.6 Å². The zero-order chi connectivity index (χ0) is 28.5. The molecule has 2 aromatic heterocycles. The van der Waals surface area contributed by atoms with Crippen molar-refractivity contribution in [2.75, 3.05) is 6.61 Å². The maximum absolute atomic E-state index is 15.3. The number of aromatic nitrogens is 3. The van der Waals surface area contributed by atoms with Gasteiger partial charge in [0.1, 0.15) is 18.3 Å². The first-order valence-corrected chi connectivity index (χ1v) is 14.1. The van der Waals surface area contributed by atoms with Gasteiger partial charge in [0.05, 0.1) is 18.8 Å². The van der Waals surface area contributed by atoms with E-state index in [2.05, 4.69) is 13.8 Å². The number of hydrogen-bond acceptors (Lipinski definition) is 10. The summed E-state index contributed by atoms with van der Waals surface area (Å²) in [7, 11) is -10.7. The molecule has 18 heteroatoms. The van der Waals surface area contributed by atoms with Crippen molar-refractivity contribution >= 4 is 15.6 Å². The maximum atomic E-state index is 15.3. The number of nitrogens with zero attached hydrogens (tertiary/aromatic N) is 3. The zero-order valence-corrected chi connectivity index (χ0v) is 21.4. The van der Waals surface area contributed by atoms with Crippen LogP contribution in [-0.2, 0) is 29.2 Å². The number of phosphoric acid groups is 2. The molecule has 1 fully saturated rings. The molecule has 0 saturated carbocycles. The Labute approximate surface area is 218 Å². The van der Waals surface area contributed by atoms with Crippen molar-refractivity contribution in [2.24, 2.45) is 0 Å². The first-order chi connectivity index (χ1) is 18.3. The SMILES string of the molecule is O=c1ccn([C@@H]2O[C@H](COP(=O)(O)OP(=O)(O)O)C(O)C2O)c(=O)n1Cc1nccc(-c2ccccc2)c1F. The Morgan fingerprint density at radius 3 is 2.38 bits per heavy atom. The van der Waals surface area contributed by atoms with Gasteiger partial charge in [-0.15, -0.1) is 0 Å². The predicted octanol–water partition coefficient (Wildman–Crippen LogP) is 0.105. The summed E-state index contributed by atoms with van der Waals surface area (Å²) in [6, 6.07) is 10.9. The van der Waals surface area contributed by atoms with Crippen LogP contribution in [0.4, 0.5) is 4.39 Å². The second-order valence-electron chi connectivity index (χ2n) is 8.30. The number of benzene rings is 1. The van der Waals surface area contributed by atoms with Crippen LogP contribution in [0.1, 0.15) is 11.9 Å². The van der Waals surface area contributed by atoms with Gasteiger partial charge < -0.3 is 29.6 Å². The third kappa shape index (κ3) is 6.65. The van der Waals surface area contributed by atoms with E-state index in [9.17, 15) is 33.8 Å². The fourth-order valence-corrected chi connectivity index (χ4v) is 5.48. The van der Waals surface area contributed by atoms with Crippen molar-refractivity contribution < 1.29 is 52.0 Å². The molecule has 39 heavy (non-hydrogen) atoms. The molecule has 1 saturated heterocycles. The highest BCUT2D eigenvalue weighted by molar-refractivity contribution is 7.60. The molecule has 3 heterocycles. The van der Waals surface area contributed by atoms with Crippen molar-refractivity contribution in [3.05, 3.63) is 87.2 Å². The van der Waals surface area contributed by atoms with Gasteiger partial charge in [-0.25, -0.2) is 18.3 Å². The van der Waals surface area contributed by atoms with Crippen LogP contribution in [0.25, 0.3) is 11.1 Å². The van der Waals surface area contributed by atoms with E-state index in [0.29, 0.717) is 10.1 Å². The lowest BCUT2D eigenvalue weighted by Crippen LogP contribution is -2.43. The summed E-state index contributed by atoms with van der Waals surface area (Å²) in [6.45, 7) is -1.57. The first-order valence-electron chi connectivity index (χ1n) is 11.0. The van der Waals surface area contributed by atoms with E-state index in [1.807, 2.05) is 0 Å². The van der Waals surface area contributed by atoms with Gasteiger partial charge in [-0.2, -0.15) is 4.31 Å². The minimum Gasteiger partial charge on any atom is -0.387 e. The highest BCUT2D eigenvalue weighted by Gasteiger charge is 2.46. The van der Waals surface area contributed by atoms with E-state index < -0.39 is 70.4 Å². The Morgan fingerprint density at radius 1 is 1.03 bits per heavy atom. The molecule has 210 valence electrons. The monoisotopic (exact) mass is 589 g/mol. The van der Waals surface area contributed by atoms with Crippen LogP contribution in [0.2, 0.25) is 0 Å². The van der Waals surface area contributed by atoms with Crippen LogP contribution in [0.3, 0.4) is 0 Å². The van der Waals surface area contributed by atoms with E-state index in [1.165, 1.54) is 12.3 Å². The summed E-state index contributed by atoms with van der Waals surface area (Å²) >= 11 is 0. The number of aliphatic hydroxyl groups is 2. The standard InChI is InChI=1S/C21H22FN3O12P2/c22-17-13(12-4-2-1-3-5-12)6-8-23-14(17)10-25-16(26)7-9-24(21(25)29)20-19(28)18(27)15(36-20)11-35-39(33,34)37-38(30,31)32/h1-9,15,18-20,27-28H,10-11H2,(H,33,34)(H2,30,31,32)/t15-,18?,19?,20-/m1/s1. The molecule has 3 aromatic rings. The molecule has 5 atom stereocenters. The molecule has 5 N–H and O–H groups in total. The van der Waals surface area contributed by atoms with Crippen LogP contribution in [-0.4, -0.2) is 63.9 Å². The number of ether oxygens (including phenoxy) is 1. The highest BCUT2D eigenvalue weighted by atomic mass is 31.3. The van der Waals surface area contributed by atoms with Gasteiger partial charge in [0.15, 0.2) is 12.0 Å². The second kappa shape index (κ2) is 11.3. The van der Waals surface area contributed by atoms with Gasteiger partial charge in [0, 0.05) is 24.0 Å². The molecule has 3 unspecified atom stereocenters.